The summed E-state index contributed by atoms with van der Waals surface area (Å²) in [6.45, 7) is 3.31. The van der Waals surface area contributed by atoms with Crippen molar-refractivity contribution in [3.8, 4) is 5.75 Å². The monoisotopic (exact) mass is 355 g/mol. The van der Waals surface area contributed by atoms with E-state index in [4.69, 9.17) is 4.74 Å². The molecule has 0 radical (unpaired) electrons. The van der Waals surface area contributed by atoms with Crippen LogP contribution in [0.25, 0.3) is 0 Å². The Morgan fingerprint density at radius 2 is 2.19 bits per heavy atom. The summed E-state index contributed by atoms with van der Waals surface area (Å²) in [7, 11) is 1.62. The first-order chi connectivity index (χ1) is 12.6. The standard InChI is InChI=1S/C18H21N5O3/c1-12(24)20-7-8-23-11-15-14(18(23)25)3-4-17(22-15)21-10-13-9-19-6-5-16(13)26-2/h3-6,9H,7-8,10-11H2,1-2H3,(H,20,24)(H,21,22). The quantitative estimate of drug-likeness (QED) is 0.774. The minimum absolute atomic E-state index is 0.0571. The van der Waals surface area contributed by atoms with Gasteiger partial charge in [-0.05, 0) is 18.2 Å². The molecule has 136 valence electrons. The molecule has 3 heterocycles. The van der Waals surface area contributed by atoms with E-state index in [1.54, 1.807) is 42.6 Å². The second-order valence-electron chi connectivity index (χ2n) is 5.94. The normalized spacial score (nSPS) is 12.7. The summed E-state index contributed by atoms with van der Waals surface area (Å²) >= 11 is 0. The van der Waals surface area contributed by atoms with Crippen LogP contribution in [-0.2, 0) is 17.9 Å². The second-order valence-corrected chi connectivity index (χ2v) is 5.94. The number of carbonyl (C=O) groups excluding carboxylic acids is 2. The van der Waals surface area contributed by atoms with E-state index < -0.39 is 0 Å². The molecule has 0 unspecified atom stereocenters. The van der Waals surface area contributed by atoms with Crippen molar-refractivity contribution in [1.29, 1.82) is 0 Å². The molecule has 0 spiro atoms. The first kappa shape index (κ1) is 17.7. The van der Waals surface area contributed by atoms with Gasteiger partial charge in [-0.15, -0.1) is 0 Å². The van der Waals surface area contributed by atoms with Crippen LogP contribution in [0.5, 0.6) is 5.75 Å². The van der Waals surface area contributed by atoms with Gasteiger partial charge in [-0.1, -0.05) is 0 Å². The highest BCUT2D eigenvalue weighted by Gasteiger charge is 2.28. The van der Waals surface area contributed by atoms with Gasteiger partial charge in [0.15, 0.2) is 0 Å². The van der Waals surface area contributed by atoms with E-state index in [1.165, 1.54) is 6.92 Å². The molecule has 0 saturated heterocycles. The lowest BCUT2D eigenvalue weighted by molar-refractivity contribution is -0.119. The number of ether oxygens (including phenoxy) is 1. The van der Waals surface area contributed by atoms with Gasteiger partial charge < -0.3 is 20.3 Å². The zero-order valence-corrected chi connectivity index (χ0v) is 14.8. The third-order valence-electron chi connectivity index (χ3n) is 4.13. The highest BCUT2D eigenvalue weighted by molar-refractivity contribution is 5.98. The number of fused-ring (bicyclic) bond motifs is 1. The van der Waals surface area contributed by atoms with Crippen molar-refractivity contribution < 1.29 is 14.3 Å². The number of pyridine rings is 2. The number of rotatable bonds is 7. The summed E-state index contributed by atoms with van der Waals surface area (Å²) in [6.07, 6.45) is 3.42. The van der Waals surface area contributed by atoms with E-state index in [1.807, 2.05) is 0 Å². The van der Waals surface area contributed by atoms with Gasteiger partial charge in [0, 0.05) is 44.5 Å². The van der Waals surface area contributed by atoms with Crippen LogP contribution in [0.1, 0.15) is 28.5 Å². The number of hydrogen-bond donors (Lipinski definition) is 2. The average Bonchev–Trinajstić information content (AvgIpc) is 2.95. The first-order valence-corrected chi connectivity index (χ1v) is 8.33. The number of nitrogens with one attached hydrogen (secondary N) is 2. The highest BCUT2D eigenvalue weighted by Crippen LogP contribution is 2.23. The second kappa shape index (κ2) is 7.81. The molecule has 0 aliphatic carbocycles. The molecule has 1 aliphatic heterocycles. The third kappa shape index (κ3) is 3.90. The fourth-order valence-electron chi connectivity index (χ4n) is 2.82. The Kier molecular flexibility index (Phi) is 5.31. The van der Waals surface area contributed by atoms with E-state index in [0.29, 0.717) is 37.6 Å². The minimum atomic E-state index is -0.107. The van der Waals surface area contributed by atoms with Crippen molar-refractivity contribution in [3.63, 3.8) is 0 Å². The average molecular weight is 355 g/mol. The Morgan fingerprint density at radius 1 is 1.35 bits per heavy atom. The fraction of sp³-hybridized carbons (Fsp3) is 0.333. The zero-order valence-electron chi connectivity index (χ0n) is 14.8. The number of nitrogens with zero attached hydrogens (tertiary/aromatic N) is 3. The largest absolute Gasteiger partial charge is 0.496 e. The summed E-state index contributed by atoms with van der Waals surface area (Å²) < 4.78 is 5.31. The predicted octanol–water partition coefficient (Wildman–Crippen LogP) is 1.19. The topological polar surface area (TPSA) is 96.4 Å². The summed E-state index contributed by atoms with van der Waals surface area (Å²) in [5.41, 5.74) is 2.27. The van der Waals surface area contributed by atoms with E-state index in [-0.39, 0.29) is 11.8 Å². The number of methoxy groups -OCH3 is 1. The lowest BCUT2D eigenvalue weighted by atomic mass is 10.2. The van der Waals surface area contributed by atoms with Crippen LogP contribution in [0.15, 0.2) is 30.6 Å². The van der Waals surface area contributed by atoms with Crippen molar-refractivity contribution in [2.24, 2.45) is 0 Å². The van der Waals surface area contributed by atoms with Crippen LogP contribution in [-0.4, -0.2) is 46.9 Å². The van der Waals surface area contributed by atoms with Crippen molar-refractivity contribution in [3.05, 3.63) is 47.4 Å². The molecule has 1 aliphatic rings. The molecule has 2 aromatic heterocycles. The van der Waals surface area contributed by atoms with Gasteiger partial charge >= 0.3 is 0 Å². The Morgan fingerprint density at radius 3 is 2.96 bits per heavy atom. The maximum atomic E-state index is 12.4. The molecule has 2 aromatic rings. The molecule has 3 rings (SSSR count). The van der Waals surface area contributed by atoms with Crippen molar-refractivity contribution >= 4 is 17.6 Å². The van der Waals surface area contributed by atoms with Gasteiger partial charge in [0.2, 0.25) is 5.91 Å². The molecular formula is C18H21N5O3. The molecule has 0 atom stereocenters. The lowest BCUT2D eigenvalue weighted by Crippen LogP contribution is -2.34. The van der Waals surface area contributed by atoms with E-state index in [9.17, 15) is 9.59 Å². The van der Waals surface area contributed by atoms with Crippen molar-refractivity contribution in [1.82, 2.24) is 20.2 Å². The van der Waals surface area contributed by atoms with E-state index in [2.05, 4.69) is 20.6 Å². The smallest absolute Gasteiger partial charge is 0.256 e. The van der Waals surface area contributed by atoms with Gasteiger partial charge in [-0.25, -0.2) is 4.98 Å². The maximum absolute atomic E-state index is 12.4. The molecule has 8 nitrogen and oxygen atoms in total. The SMILES string of the molecule is COc1ccncc1CNc1ccc2c(n1)CN(CCNC(C)=O)C2=O. The number of carbonyl (C=O) groups is 2. The molecule has 2 N–H and O–H groups in total. The van der Waals surface area contributed by atoms with Crippen LogP contribution < -0.4 is 15.4 Å². The van der Waals surface area contributed by atoms with Crippen molar-refractivity contribution in [2.45, 2.75) is 20.0 Å². The molecule has 8 heteroatoms. The number of amides is 2. The third-order valence-corrected chi connectivity index (χ3v) is 4.13. The van der Waals surface area contributed by atoms with E-state index >= 15 is 0 Å². The molecule has 26 heavy (non-hydrogen) atoms. The van der Waals surface area contributed by atoms with Crippen LogP contribution in [0, 0.1) is 0 Å². The molecule has 0 aromatic carbocycles. The minimum Gasteiger partial charge on any atom is -0.496 e. The molecule has 2 amide bonds. The van der Waals surface area contributed by atoms with Crippen LogP contribution in [0.2, 0.25) is 0 Å². The maximum Gasteiger partial charge on any atom is 0.256 e. The Bertz CT molecular complexity index is 824. The number of anilines is 1. The van der Waals surface area contributed by atoms with Crippen LogP contribution in [0.3, 0.4) is 0 Å². The van der Waals surface area contributed by atoms with Crippen LogP contribution in [0.4, 0.5) is 5.82 Å². The summed E-state index contributed by atoms with van der Waals surface area (Å²) in [5, 5.41) is 5.93. The molecule has 0 bridgehead atoms. The van der Waals surface area contributed by atoms with Gasteiger partial charge in [0.1, 0.15) is 11.6 Å². The Labute approximate surface area is 151 Å². The van der Waals surface area contributed by atoms with Crippen molar-refractivity contribution in [2.75, 3.05) is 25.5 Å². The van der Waals surface area contributed by atoms with Gasteiger partial charge in [-0.3, -0.25) is 14.6 Å². The zero-order chi connectivity index (χ0) is 18.5. The molecule has 0 saturated carbocycles. The van der Waals surface area contributed by atoms with Gasteiger partial charge in [0.05, 0.1) is 24.9 Å². The Hall–Kier alpha value is -3.16. The molecular weight excluding hydrogens is 334 g/mol. The molecule has 0 fully saturated rings. The van der Waals surface area contributed by atoms with Gasteiger partial charge in [-0.2, -0.15) is 0 Å². The predicted molar refractivity (Wildman–Crippen MR) is 95.8 cm³/mol. The number of aromatic nitrogens is 2. The summed E-state index contributed by atoms with van der Waals surface area (Å²) in [6, 6.07) is 5.38. The lowest BCUT2D eigenvalue weighted by Gasteiger charge is -2.14. The van der Waals surface area contributed by atoms with Crippen LogP contribution >= 0.6 is 0 Å². The highest BCUT2D eigenvalue weighted by atomic mass is 16.5. The summed E-state index contributed by atoms with van der Waals surface area (Å²) in [4.78, 5) is 33.7. The van der Waals surface area contributed by atoms with E-state index in [0.717, 1.165) is 17.0 Å². The summed E-state index contributed by atoms with van der Waals surface area (Å²) in [5.74, 6) is 1.28. The van der Waals surface area contributed by atoms with Gasteiger partial charge in [0.25, 0.3) is 5.91 Å². The fourth-order valence-corrected chi connectivity index (χ4v) is 2.82. The first-order valence-electron chi connectivity index (χ1n) is 8.33. The number of hydrogen-bond acceptors (Lipinski definition) is 6. The Balaban J connectivity index is 1.63.